The minimum Gasteiger partial charge on any atom is -0.373 e. The molecular formula is C14H17F3N6O3. The van der Waals surface area contributed by atoms with E-state index in [1.165, 1.54) is 6.07 Å². The number of fused-ring (bicyclic) bond motifs is 1. The highest BCUT2D eigenvalue weighted by Crippen LogP contribution is 2.36. The van der Waals surface area contributed by atoms with Crippen LogP contribution in [0.15, 0.2) is 17.4 Å². The molecule has 0 aromatic carbocycles. The van der Waals surface area contributed by atoms with E-state index in [0.717, 1.165) is 6.20 Å². The topological polar surface area (TPSA) is 114 Å². The van der Waals surface area contributed by atoms with Gasteiger partial charge in [0.2, 0.25) is 5.82 Å². The second-order valence-corrected chi connectivity index (χ2v) is 6.36. The molecule has 1 N–H and O–H groups in total. The van der Waals surface area contributed by atoms with Gasteiger partial charge < -0.3 is 19.5 Å². The van der Waals surface area contributed by atoms with Gasteiger partial charge in [-0.3, -0.25) is 0 Å². The summed E-state index contributed by atoms with van der Waals surface area (Å²) < 4.78 is 55.7. The maximum atomic E-state index is 12.8. The molecule has 0 amide bonds. The highest BCUT2D eigenvalue weighted by atomic mass is 19.4. The number of aromatic nitrogens is 2. The lowest BCUT2D eigenvalue weighted by atomic mass is 9.98. The van der Waals surface area contributed by atoms with Gasteiger partial charge in [-0.25, -0.2) is 9.97 Å². The Morgan fingerprint density at radius 3 is 2.81 bits per heavy atom. The lowest BCUT2D eigenvalue weighted by Crippen LogP contribution is -2.55. The zero-order chi connectivity index (χ0) is 18.9. The van der Waals surface area contributed by atoms with E-state index >= 15 is 0 Å². The van der Waals surface area contributed by atoms with Crippen LogP contribution < -0.4 is 5.32 Å². The van der Waals surface area contributed by atoms with Crippen LogP contribution >= 0.6 is 0 Å². The molecule has 0 spiro atoms. The lowest BCUT2D eigenvalue weighted by molar-refractivity contribution is -0.152. The van der Waals surface area contributed by atoms with Crippen molar-refractivity contribution in [2.24, 2.45) is 5.11 Å². The normalized spacial score (nSPS) is 30.3. The largest absolute Gasteiger partial charge is 0.451 e. The van der Waals surface area contributed by atoms with Crippen LogP contribution in [0.5, 0.6) is 0 Å². The summed E-state index contributed by atoms with van der Waals surface area (Å²) in [6.07, 6.45) is -5.17. The Bertz CT molecular complexity index is 709. The molecule has 3 rings (SSSR count). The van der Waals surface area contributed by atoms with E-state index in [0.29, 0.717) is 0 Å². The third kappa shape index (κ3) is 3.98. The van der Waals surface area contributed by atoms with Crippen LogP contribution in [0.3, 0.4) is 0 Å². The first-order valence-electron chi connectivity index (χ1n) is 7.84. The van der Waals surface area contributed by atoms with Crippen LogP contribution in [-0.4, -0.2) is 53.3 Å². The van der Waals surface area contributed by atoms with Crippen molar-refractivity contribution < 1.29 is 27.4 Å². The molecule has 0 saturated carbocycles. The molecular weight excluding hydrogens is 357 g/mol. The Kier molecular flexibility index (Phi) is 4.93. The van der Waals surface area contributed by atoms with Gasteiger partial charge in [0, 0.05) is 11.1 Å². The Morgan fingerprint density at radius 1 is 1.38 bits per heavy atom. The van der Waals surface area contributed by atoms with E-state index < -0.39 is 42.1 Å². The number of halogens is 3. The van der Waals surface area contributed by atoms with Crippen LogP contribution in [0.25, 0.3) is 10.4 Å². The zero-order valence-electron chi connectivity index (χ0n) is 14.0. The van der Waals surface area contributed by atoms with Crippen molar-refractivity contribution >= 4 is 5.82 Å². The van der Waals surface area contributed by atoms with Gasteiger partial charge in [0.1, 0.15) is 18.0 Å². The highest BCUT2D eigenvalue weighted by Gasteiger charge is 2.51. The van der Waals surface area contributed by atoms with Crippen LogP contribution in [-0.2, 0) is 20.4 Å². The molecule has 12 heteroatoms. The SMILES string of the molecule is CC1(C)O[C@@H]2[C@H](O1)[C@@H](Nc1ccnc(C(F)(F)F)n1)CO[C@@H]2CN=[N+]=[N-]. The maximum absolute atomic E-state index is 12.8. The van der Waals surface area contributed by atoms with Crippen molar-refractivity contribution in [3.05, 3.63) is 28.5 Å². The lowest BCUT2D eigenvalue weighted by Gasteiger charge is -2.37. The molecule has 2 aliphatic rings. The summed E-state index contributed by atoms with van der Waals surface area (Å²) in [6, 6.07) is 0.831. The Morgan fingerprint density at radius 2 is 2.12 bits per heavy atom. The third-order valence-corrected chi connectivity index (χ3v) is 3.98. The molecule has 1 aromatic rings. The maximum Gasteiger partial charge on any atom is 0.451 e. The minimum atomic E-state index is -4.64. The highest BCUT2D eigenvalue weighted by molar-refractivity contribution is 5.36. The molecule has 2 aliphatic heterocycles. The van der Waals surface area contributed by atoms with Crippen LogP contribution in [0.1, 0.15) is 19.7 Å². The first-order chi connectivity index (χ1) is 12.2. The predicted octanol–water partition coefficient (Wildman–Crippen LogP) is 2.51. The molecule has 0 aliphatic carbocycles. The molecule has 9 nitrogen and oxygen atoms in total. The quantitative estimate of drug-likeness (QED) is 0.492. The Labute approximate surface area is 146 Å². The van der Waals surface area contributed by atoms with Gasteiger partial charge >= 0.3 is 6.18 Å². The van der Waals surface area contributed by atoms with Crippen molar-refractivity contribution in [1.29, 1.82) is 0 Å². The molecule has 2 saturated heterocycles. The average Bonchev–Trinajstić information content (AvgIpc) is 2.89. The number of rotatable bonds is 4. The Balaban J connectivity index is 1.78. The molecule has 0 radical (unpaired) electrons. The van der Waals surface area contributed by atoms with Gasteiger partial charge in [0.15, 0.2) is 5.79 Å². The van der Waals surface area contributed by atoms with Crippen molar-refractivity contribution in [1.82, 2.24) is 9.97 Å². The smallest absolute Gasteiger partial charge is 0.373 e. The van der Waals surface area contributed by atoms with Gasteiger partial charge in [0.05, 0.1) is 25.3 Å². The van der Waals surface area contributed by atoms with Gasteiger partial charge in [-0.2, -0.15) is 13.2 Å². The van der Waals surface area contributed by atoms with Gasteiger partial charge in [0.25, 0.3) is 0 Å². The van der Waals surface area contributed by atoms with E-state index in [1.807, 2.05) is 0 Å². The van der Waals surface area contributed by atoms with Crippen molar-refractivity contribution in [2.45, 2.75) is 50.2 Å². The van der Waals surface area contributed by atoms with E-state index in [1.54, 1.807) is 13.8 Å². The minimum absolute atomic E-state index is 0.00137. The van der Waals surface area contributed by atoms with Crippen molar-refractivity contribution in [3.63, 3.8) is 0 Å². The third-order valence-electron chi connectivity index (χ3n) is 3.98. The fourth-order valence-electron chi connectivity index (χ4n) is 3.00. The summed E-state index contributed by atoms with van der Waals surface area (Å²) in [5, 5.41) is 6.40. The number of ether oxygens (including phenoxy) is 3. The summed E-state index contributed by atoms with van der Waals surface area (Å²) in [5.41, 5.74) is 8.49. The molecule has 1 aromatic heterocycles. The average molecular weight is 374 g/mol. The van der Waals surface area contributed by atoms with E-state index in [-0.39, 0.29) is 19.0 Å². The van der Waals surface area contributed by atoms with Gasteiger partial charge in [-0.05, 0) is 25.4 Å². The summed E-state index contributed by atoms with van der Waals surface area (Å²) in [6.45, 7) is 3.63. The molecule has 2 fully saturated rings. The van der Waals surface area contributed by atoms with Crippen LogP contribution in [0, 0.1) is 0 Å². The number of nitrogens with one attached hydrogen (secondary N) is 1. The van der Waals surface area contributed by atoms with Crippen LogP contribution in [0.4, 0.5) is 19.0 Å². The number of hydrogen-bond donors (Lipinski definition) is 1. The number of nitrogens with zero attached hydrogens (tertiary/aromatic N) is 5. The number of anilines is 1. The molecule has 0 bridgehead atoms. The van der Waals surface area contributed by atoms with Crippen molar-refractivity contribution in [3.8, 4) is 0 Å². The second kappa shape index (κ2) is 6.88. The van der Waals surface area contributed by atoms with Gasteiger partial charge in [-0.1, -0.05) is 5.11 Å². The van der Waals surface area contributed by atoms with E-state index in [4.69, 9.17) is 19.7 Å². The molecule has 142 valence electrons. The number of alkyl halides is 3. The number of hydrogen-bond acceptors (Lipinski definition) is 7. The predicted molar refractivity (Wildman–Crippen MR) is 82.0 cm³/mol. The molecule has 4 atom stereocenters. The first kappa shape index (κ1) is 18.6. The van der Waals surface area contributed by atoms with Crippen LogP contribution in [0.2, 0.25) is 0 Å². The Hall–Kier alpha value is -2.14. The monoisotopic (exact) mass is 374 g/mol. The zero-order valence-corrected chi connectivity index (χ0v) is 14.0. The first-order valence-corrected chi connectivity index (χ1v) is 7.84. The standard InChI is InChI=1S/C14H17F3N6O3/c1-13(2)25-10-7(6-24-8(5-20-23-18)11(10)26-13)21-9-3-4-19-12(22-9)14(15,16)17/h3-4,7-8,10-11H,5-6H2,1-2H3,(H,19,21,22)/t7-,8+,10+,11-/m0/s1. The van der Waals surface area contributed by atoms with Crippen molar-refractivity contribution in [2.75, 3.05) is 18.5 Å². The fourth-order valence-corrected chi connectivity index (χ4v) is 3.00. The van der Waals surface area contributed by atoms with Gasteiger partial charge in [-0.15, -0.1) is 0 Å². The van der Waals surface area contributed by atoms with E-state index in [2.05, 4.69) is 25.3 Å². The molecule has 26 heavy (non-hydrogen) atoms. The summed E-state index contributed by atoms with van der Waals surface area (Å²) in [4.78, 5) is 9.43. The number of azide groups is 1. The second-order valence-electron chi connectivity index (χ2n) is 6.36. The molecule has 3 heterocycles. The fraction of sp³-hybridized carbons (Fsp3) is 0.714. The summed E-state index contributed by atoms with van der Waals surface area (Å²) in [5.74, 6) is -2.14. The molecule has 0 unspecified atom stereocenters. The van der Waals surface area contributed by atoms with E-state index in [9.17, 15) is 13.2 Å². The summed E-state index contributed by atoms with van der Waals surface area (Å²) >= 11 is 0. The summed E-state index contributed by atoms with van der Waals surface area (Å²) in [7, 11) is 0.